The minimum atomic E-state index is -3.80. The predicted molar refractivity (Wildman–Crippen MR) is 80.0 cm³/mol. The minimum absolute atomic E-state index is 0.0272. The van der Waals surface area contributed by atoms with Crippen molar-refractivity contribution in [3.05, 3.63) is 35.0 Å². The lowest BCUT2D eigenvalue weighted by atomic mass is 10.3. The van der Waals surface area contributed by atoms with Crippen LogP contribution in [0.5, 0.6) is 6.01 Å². The number of hydrogen-bond donors (Lipinski definition) is 2. The molecule has 0 aliphatic carbocycles. The second kappa shape index (κ2) is 5.74. The average Bonchev–Trinajstić information content (AvgIpc) is 2.43. The Labute approximate surface area is 127 Å². The molecule has 3 N–H and O–H groups in total. The number of sulfonamides is 1. The van der Waals surface area contributed by atoms with Gasteiger partial charge in [0.25, 0.3) is 10.0 Å². The third-order valence-electron chi connectivity index (χ3n) is 2.67. The van der Waals surface area contributed by atoms with Crippen molar-refractivity contribution in [3.8, 4) is 6.01 Å². The van der Waals surface area contributed by atoms with Crippen molar-refractivity contribution in [3.63, 3.8) is 0 Å². The molecule has 1 aromatic heterocycles. The van der Waals surface area contributed by atoms with Crippen molar-refractivity contribution in [1.29, 1.82) is 0 Å². The molecule has 0 saturated carbocycles. The number of methoxy groups -OCH3 is 1. The van der Waals surface area contributed by atoms with E-state index in [9.17, 15) is 8.42 Å². The van der Waals surface area contributed by atoms with Gasteiger partial charge >= 0.3 is 6.01 Å². The molecule has 2 rings (SSSR count). The maximum Gasteiger partial charge on any atom is 0.319 e. The molecular weight excluding hydrogens is 316 g/mol. The summed E-state index contributed by atoms with van der Waals surface area (Å²) in [5.41, 5.74) is 6.40. The third-order valence-corrected chi connectivity index (χ3v) is 4.39. The quantitative estimate of drug-likeness (QED) is 0.655. The molecule has 7 nitrogen and oxygen atoms in total. The number of anilines is 2. The fourth-order valence-corrected chi connectivity index (χ4v) is 2.72. The zero-order valence-electron chi connectivity index (χ0n) is 11.3. The van der Waals surface area contributed by atoms with E-state index in [0.717, 1.165) is 0 Å². The summed E-state index contributed by atoms with van der Waals surface area (Å²) in [7, 11) is -2.44. The number of aromatic nitrogens is 2. The van der Waals surface area contributed by atoms with Gasteiger partial charge in [-0.25, -0.2) is 8.42 Å². The van der Waals surface area contributed by atoms with E-state index < -0.39 is 10.0 Å². The lowest BCUT2D eigenvalue weighted by Crippen LogP contribution is -2.15. The van der Waals surface area contributed by atoms with Gasteiger partial charge in [-0.1, -0.05) is 11.6 Å². The maximum absolute atomic E-state index is 12.3. The molecule has 1 aromatic carbocycles. The number of nitrogens with zero attached hydrogens (tertiary/aromatic N) is 2. The molecule has 0 fully saturated rings. The van der Waals surface area contributed by atoms with Crippen LogP contribution in [-0.2, 0) is 10.0 Å². The van der Waals surface area contributed by atoms with Crippen LogP contribution >= 0.6 is 11.6 Å². The standard InChI is InChI=1S/C12H13ClN4O3S/c1-7-10(13)15-12(20-2)16-11(7)17-21(18,19)9-5-3-8(14)4-6-9/h3-6H,14H2,1-2H3,(H,15,16,17). The molecule has 0 spiro atoms. The van der Waals surface area contributed by atoms with Crippen molar-refractivity contribution >= 4 is 33.1 Å². The molecular formula is C12H13ClN4O3S. The number of ether oxygens (including phenoxy) is 1. The maximum atomic E-state index is 12.3. The summed E-state index contributed by atoms with van der Waals surface area (Å²) >= 11 is 5.91. The SMILES string of the molecule is COc1nc(Cl)c(C)c(NS(=O)(=O)c2ccc(N)cc2)n1. The number of nitrogens with one attached hydrogen (secondary N) is 1. The molecule has 0 unspecified atom stereocenters. The molecule has 0 aliphatic heterocycles. The first-order valence-electron chi connectivity index (χ1n) is 5.80. The first-order chi connectivity index (χ1) is 9.83. The summed E-state index contributed by atoms with van der Waals surface area (Å²) in [5, 5.41) is 0.108. The second-order valence-corrected chi connectivity index (χ2v) is 6.19. The zero-order valence-corrected chi connectivity index (χ0v) is 12.9. The summed E-state index contributed by atoms with van der Waals surface area (Å²) in [5.74, 6) is 0.0590. The normalized spacial score (nSPS) is 11.2. The van der Waals surface area contributed by atoms with Gasteiger partial charge in [-0.15, -0.1) is 0 Å². The van der Waals surface area contributed by atoms with Crippen LogP contribution in [0.25, 0.3) is 0 Å². The Morgan fingerprint density at radius 2 is 1.86 bits per heavy atom. The number of halogens is 1. The molecule has 21 heavy (non-hydrogen) atoms. The van der Waals surface area contributed by atoms with Crippen LogP contribution in [-0.4, -0.2) is 25.5 Å². The van der Waals surface area contributed by atoms with E-state index in [-0.39, 0.29) is 21.9 Å². The van der Waals surface area contributed by atoms with E-state index in [1.54, 1.807) is 6.92 Å². The number of hydrogen-bond acceptors (Lipinski definition) is 6. The van der Waals surface area contributed by atoms with Crippen LogP contribution < -0.4 is 15.2 Å². The summed E-state index contributed by atoms with van der Waals surface area (Å²) < 4.78 is 31.8. The van der Waals surface area contributed by atoms with Gasteiger partial charge in [0.1, 0.15) is 5.15 Å². The van der Waals surface area contributed by atoms with E-state index in [1.165, 1.54) is 31.4 Å². The van der Waals surface area contributed by atoms with Crippen LogP contribution in [0, 0.1) is 6.92 Å². The summed E-state index contributed by atoms with van der Waals surface area (Å²) in [6.07, 6.45) is 0. The highest BCUT2D eigenvalue weighted by molar-refractivity contribution is 7.92. The molecule has 0 saturated heterocycles. The first-order valence-corrected chi connectivity index (χ1v) is 7.66. The molecule has 1 heterocycles. The molecule has 0 radical (unpaired) electrons. The summed E-state index contributed by atoms with van der Waals surface area (Å²) in [4.78, 5) is 7.85. The third kappa shape index (κ3) is 3.34. The number of nitrogen functional groups attached to an aromatic ring is 1. The van der Waals surface area contributed by atoms with Crippen molar-refractivity contribution in [2.45, 2.75) is 11.8 Å². The highest BCUT2D eigenvalue weighted by Crippen LogP contribution is 2.25. The molecule has 0 atom stereocenters. The van der Waals surface area contributed by atoms with Crippen molar-refractivity contribution < 1.29 is 13.2 Å². The second-order valence-electron chi connectivity index (χ2n) is 4.15. The Morgan fingerprint density at radius 1 is 1.24 bits per heavy atom. The fourth-order valence-electron chi connectivity index (χ4n) is 1.49. The average molecular weight is 329 g/mol. The van der Waals surface area contributed by atoms with Crippen LogP contribution in [0.2, 0.25) is 5.15 Å². The van der Waals surface area contributed by atoms with E-state index >= 15 is 0 Å². The Morgan fingerprint density at radius 3 is 2.43 bits per heavy atom. The molecule has 9 heteroatoms. The van der Waals surface area contributed by atoms with Crippen molar-refractivity contribution in [2.24, 2.45) is 0 Å². The fraction of sp³-hybridized carbons (Fsp3) is 0.167. The Kier molecular flexibility index (Phi) is 4.19. The van der Waals surface area contributed by atoms with E-state index in [4.69, 9.17) is 22.1 Å². The van der Waals surface area contributed by atoms with Gasteiger partial charge in [0.05, 0.1) is 12.0 Å². The van der Waals surface area contributed by atoms with E-state index in [1.807, 2.05) is 0 Å². The Bertz CT molecular complexity index is 763. The first kappa shape index (κ1) is 15.3. The molecule has 2 aromatic rings. The molecule has 112 valence electrons. The highest BCUT2D eigenvalue weighted by atomic mass is 35.5. The van der Waals surface area contributed by atoms with Crippen molar-refractivity contribution in [1.82, 2.24) is 9.97 Å². The summed E-state index contributed by atoms with van der Waals surface area (Å²) in [6.45, 7) is 1.60. The van der Waals surface area contributed by atoms with E-state index in [0.29, 0.717) is 11.3 Å². The Balaban J connectivity index is 2.41. The van der Waals surface area contributed by atoms with Crippen LogP contribution in [0.4, 0.5) is 11.5 Å². The lowest BCUT2D eigenvalue weighted by Gasteiger charge is -2.11. The Hall–Kier alpha value is -2.06. The van der Waals surface area contributed by atoms with Crippen LogP contribution in [0.3, 0.4) is 0 Å². The van der Waals surface area contributed by atoms with Crippen LogP contribution in [0.1, 0.15) is 5.56 Å². The van der Waals surface area contributed by atoms with Gasteiger partial charge in [-0.3, -0.25) is 4.72 Å². The van der Waals surface area contributed by atoms with Gasteiger partial charge < -0.3 is 10.5 Å². The summed E-state index contributed by atoms with van der Waals surface area (Å²) in [6, 6.07) is 5.75. The van der Waals surface area contributed by atoms with E-state index in [2.05, 4.69) is 14.7 Å². The van der Waals surface area contributed by atoms with Gasteiger partial charge in [-0.05, 0) is 31.2 Å². The molecule has 0 aliphatic rings. The van der Waals surface area contributed by atoms with Gasteiger partial charge in [0.2, 0.25) is 0 Å². The monoisotopic (exact) mass is 328 g/mol. The van der Waals surface area contributed by atoms with Gasteiger partial charge in [-0.2, -0.15) is 9.97 Å². The molecule has 0 amide bonds. The van der Waals surface area contributed by atoms with Crippen LogP contribution in [0.15, 0.2) is 29.2 Å². The van der Waals surface area contributed by atoms with Gasteiger partial charge in [0, 0.05) is 11.3 Å². The van der Waals surface area contributed by atoms with Gasteiger partial charge in [0.15, 0.2) is 5.82 Å². The predicted octanol–water partition coefficient (Wildman–Crippen LogP) is 1.83. The topological polar surface area (TPSA) is 107 Å². The zero-order chi connectivity index (χ0) is 15.6. The van der Waals surface area contributed by atoms with Crippen molar-refractivity contribution in [2.75, 3.05) is 17.6 Å². The molecule has 0 bridgehead atoms. The smallest absolute Gasteiger partial charge is 0.319 e. The largest absolute Gasteiger partial charge is 0.467 e. The minimum Gasteiger partial charge on any atom is -0.467 e. The number of rotatable bonds is 4. The lowest BCUT2D eigenvalue weighted by molar-refractivity contribution is 0.380. The highest BCUT2D eigenvalue weighted by Gasteiger charge is 2.18. The number of nitrogens with two attached hydrogens (primary N) is 1. The number of benzene rings is 1.